The SMILES string of the molecule is CC12CCC(C(=O)Nc3ccc(Cl)c(Cl)c3)(CC1=NOC(=O)c1ccc(Cl)cc1)C2(C)C. The summed E-state index contributed by atoms with van der Waals surface area (Å²) in [5, 5.41) is 8.58. The van der Waals surface area contributed by atoms with Gasteiger partial charge in [-0.25, -0.2) is 4.79 Å². The lowest BCUT2D eigenvalue weighted by atomic mass is 9.64. The van der Waals surface area contributed by atoms with Gasteiger partial charge in [0.25, 0.3) is 0 Å². The predicted molar refractivity (Wildman–Crippen MR) is 128 cm³/mol. The maximum atomic E-state index is 13.5. The van der Waals surface area contributed by atoms with Crippen molar-refractivity contribution < 1.29 is 14.4 Å². The number of amides is 1. The summed E-state index contributed by atoms with van der Waals surface area (Å²) in [6, 6.07) is 11.4. The predicted octanol–water partition coefficient (Wildman–Crippen LogP) is 7.01. The van der Waals surface area contributed by atoms with E-state index in [0.717, 1.165) is 12.1 Å². The highest BCUT2D eigenvalue weighted by atomic mass is 35.5. The van der Waals surface area contributed by atoms with Gasteiger partial charge < -0.3 is 10.2 Å². The number of rotatable bonds is 4. The number of carbonyl (C=O) groups is 2. The third kappa shape index (κ3) is 3.51. The lowest BCUT2D eigenvalue weighted by Gasteiger charge is -2.39. The van der Waals surface area contributed by atoms with E-state index in [-0.39, 0.29) is 11.3 Å². The monoisotopic (exact) mass is 492 g/mol. The second-order valence-electron chi connectivity index (χ2n) is 9.22. The van der Waals surface area contributed by atoms with Crippen LogP contribution in [-0.4, -0.2) is 17.6 Å². The molecule has 2 fully saturated rings. The van der Waals surface area contributed by atoms with Crippen LogP contribution in [-0.2, 0) is 9.63 Å². The smallest absolute Gasteiger partial charge is 0.326 e. The summed E-state index contributed by atoms with van der Waals surface area (Å²) in [6.45, 7) is 6.25. The Bertz CT molecular complexity index is 1130. The normalized spacial score (nSPS) is 26.9. The number of nitrogens with zero attached hydrogens (tertiary/aromatic N) is 1. The van der Waals surface area contributed by atoms with Gasteiger partial charge in [-0.2, -0.15) is 0 Å². The fourth-order valence-corrected chi connectivity index (χ4v) is 5.51. The van der Waals surface area contributed by atoms with E-state index in [0.29, 0.717) is 39.2 Å². The van der Waals surface area contributed by atoms with Gasteiger partial charge in [0, 0.05) is 22.5 Å². The molecule has 32 heavy (non-hydrogen) atoms. The van der Waals surface area contributed by atoms with Crippen molar-refractivity contribution in [1.29, 1.82) is 0 Å². The summed E-state index contributed by atoms with van der Waals surface area (Å²) in [5.41, 5.74) is 0.217. The van der Waals surface area contributed by atoms with Crippen LogP contribution in [0.3, 0.4) is 0 Å². The van der Waals surface area contributed by atoms with Gasteiger partial charge in [-0.15, -0.1) is 0 Å². The largest absolute Gasteiger partial charge is 0.365 e. The maximum absolute atomic E-state index is 13.5. The molecule has 1 N–H and O–H groups in total. The fraction of sp³-hybridized carbons (Fsp3) is 0.375. The van der Waals surface area contributed by atoms with Gasteiger partial charge in [-0.3, -0.25) is 4.79 Å². The first-order chi connectivity index (χ1) is 15.0. The first-order valence-electron chi connectivity index (χ1n) is 10.3. The number of nitrogens with one attached hydrogen (secondary N) is 1. The van der Waals surface area contributed by atoms with Gasteiger partial charge in [-0.1, -0.05) is 60.7 Å². The van der Waals surface area contributed by atoms with Crippen LogP contribution in [0.5, 0.6) is 0 Å². The van der Waals surface area contributed by atoms with E-state index in [1.165, 1.54) is 0 Å². The molecule has 2 aliphatic rings. The van der Waals surface area contributed by atoms with Gasteiger partial charge >= 0.3 is 5.97 Å². The number of benzene rings is 2. The zero-order chi connectivity index (χ0) is 23.3. The summed E-state index contributed by atoms with van der Waals surface area (Å²) in [4.78, 5) is 31.2. The van der Waals surface area contributed by atoms with Crippen molar-refractivity contribution in [3.63, 3.8) is 0 Å². The number of oxime groups is 1. The first-order valence-corrected chi connectivity index (χ1v) is 11.4. The van der Waals surface area contributed by atoms with E-state index in [1.807, 2.05) is 0 Å². The van der Waals surface area contributed by atoms with Gasteiger partial charge in [0.2, 0.25) is 5.91 Å². The van der Waals surface area contributed by atoms with E-state index in [2.05, 4.69) is 31.2 Å². The Morgan fingerprint density at radius 1 is 0.969 bits per heavy atom. The number of hydrogen-bond acceptors (Lipinski definition) is 4. The number of hydrogen-bond donors (Lipinski definition) is 1. The van der Waals surface area contributed by atoms with Crippen LogP contribution in [0.2, 0.25) is 15.1 Å². The second kappa shape index (κ2) is 8.05. The third-order valence-corrected chi connectivity index (χ3v) is 8.66. The molecule has 0 radical (unpaired) electrons. The Hall–Kier alpha value is -2.08. The van der Waals surface area contributed by atoms with Gasteiger partial charge in [-0.05, 0) is 60.7 Å². The molecule has 2 aromatic carbocycles. The molecule has 8 heteroatoms. The average Bonchev–Trinajstić information content (AvgIpc) is 3.06. The van der Waals surface area contributed by atoms with Crippen LogP contribution in [0.1, 0.15) is 50.4 Å². The molecule has 168 valence electrons. The molecule has 0 aromatic heterocycles. The summed E-state index contributed by atoms with van der Waals surface area (Å²) >= 11 is 18.0. The Morgan fingerprint density at radius 2 is 1.66 bits per heavy atom. The lowest BCUT2D eigenvalue weighted by Crippen LogP contribution is -2.43. The highest BCUT2D eigenvalue weighted by molar-refractivity contribution is 6.42. The Morgan fingerprint density at radius 3 is 2.31 bits per heavy atom. The molecule has 0 heterocycles. The second-order valence-corrected chi connectivity index (χ2v) is 10.5. The zero-order valence-corrected chi connectivity index (χ0v) is 20.2. The van der Waals surface area contributed by atoms with Crippen molar-refractivity contribution in [3.05, 3.63) is 63.1 Å². The molecule has 2 atom stereocenters. The first kappa shape index (κ1) is 23.1. The van der Waals surface area contributed by atoms with E-state index in [4.69, 9.17) is 39.6 Å². The Labute approximate surface area is 202 Å². The van der Waals surface area contributed by atoms with Crippen LogP contribution in [0, 0.1) is 16.2 Å². The van der Waals surface area contributed by atoms with Gasteiger partial charge in [0.05, 0.1) is 26.7 Å². The molecule has 2 saturated carbocycles. The molecule has 1 amide bonds. The molecular formula is C24H23Cl3N2O3. The highest BCUT2D eigenvalue weighted by Crippen LogP contribution is 2.71. The minimum absolute atomic E-state index is 0.0983. The van der Waals surface area contributed by atoms with Crippen molar-refractivity contribution in [2.45, 2.75) is 40.0 Å². The van der Waals surface area contributed by atoms with Crippen molar-refractivity contribution >= 4 is 58.1 Å². The van der Waals surface area contributed by atoms with Crippen LogP contribution in [0.4, 0.5) is 5.69 Å². The number of anilines is 1. The third-order valence-electron chi connectivity index (χ3n) is 7.66. The van der Waals surface area contributed by atoms with Crippen molar-refractivity contribution in [2.24, 2.45) is 21.4 Å². The summed E-state index contributed by atoms with van der Waals surface area (Å²) in [7, 11) is 0. The van der Waals surface area contributed by atoms with Crippen LogP contribution in [0.15, 0.2) is 47.6 Å². The molecule has 2 bridgehead atoms. The summed E-state index contributed by atoms with van der Waals surface area (Å²) in [6.07, 6.45) is 1.90. The molecular weight excluding hydrogens is 471 g/mol. The molecule has 2 aromatic rings. The topological polar surface area (TPSA) is 67.8 Å². The minimum Gasteiger partial charge on any atom is -0.326 e. The average molecular weight is 494 g/mol. The molecule has 2 aliphatic carbocycles. The Balaban J connectivity index is 1.58. The van der Waals surface area contributed by atoms with Crippen molar-refractivity contribution in [1.82, 2.24) is 0 Å². The van der Waals surface area contributed by atoms with E-state index in [1.54, 1.807) is 42.5 Å². The van der Waals surface area contributed by atoms with E-state index < -0.39 is 16.8 Å². The van der Waals surface area contributed by atoms with Gasteiger partial charge in [0.15, 0.2) is 0 Å². The lowest BCUT2D eigenvalue weighted by molar-refractivity contribution is -0.130. The van der Waals surface area contributed by atoms with Gasteiger partial charge in [0.1, 0.15) is 0 Å². The Kier molecular flexibility index (Phi) is 5.81. The van der Waals surface area contributed by atoms with Crippen LogP contribution >= 0.6 is 34.8 Å². The fourth-order valence-electron chi connectivity index (χ4n) is 5.08. The molecule has 5 nitrogen and oxygen atoms in total. The maximum Gasteiger partial charge on any atom is 0.365 e. The molecule has 2 unspecified atom stereocenters. The molecule has 0 spiro atoms. The van der Waals surface area contributed by atoms with Crippen LogP contribution < -0.4 is 5.32 Å². The number of halogens is 3. The number of carbonyl (C=O) groups excluding carboxylic acids is 2. The van der Waals surface area contributed by atoms with E-state index in [9.17, 15) is 9.59 Å². The summed E-state index contributed by atoms with van der Waals surface area (Å²) < 4.78 is 0. The van der Waals surface area contributed by atoms with E-state index >= 15 is 0 Å². The van der Waals surface area contributed by atoms with Crippen LogP contribution in [0.25, 0.3) is 0 Å². The molecule has 0 saturated heterocycles. The minimum atomic E-state index is -0.681. The zero-order valence-electron chi connectivity index (χ0n) is 18.0. The molecule has 0 aliphatic heterocycles. The highest BCUT2D eigenvalue weighted by Gasteiger charge is 2.71. The number of fused-ring (bicyclic) bond motifs is 2. The molecule has 4 rings (SSSR count). The van der Waals surface area contributed by atoms with Crippen molar-refractivity contribution in [3.8, 4) is 0 Å². The van der Waals surface area contributed by atoms with Crippen molar-refractivity contribution in [2.75, 3.05) is 5.32 Å². The quantitative estimate of drug-likeness (QED) is 0.368. The standard InChI is InChI=1S/C24H23Cl3N2O3/c1-22(2)23(3)10-11-24(22,21(31)28-16-8-9-17(26)18(27)12-16)13-19(23)29-32-20(30)14-4-6-15(25)7-5-14/h4-9,12H,10-11,13H2,1-3H3,(H,28,31). The summed E-state index contributed by atoms with van der Waals surface area (Å²) in [5.74, 6) is -0.661.